The molecule has 3 atom stereocenters. The molecule has 1 saturated heterocycles. The quantitative estimate of drug-likeness (QED) is 0.150. The number of urea groups is 1. The number of piperidine rings is 1. The van der Waals surface area contributed by atoms with Crippen LogP contribution >= 0.6 is 11.8 Å². The lowest BCUT2D eigenvalue weighted by Gasteiger charge is -2.28. The van der Waals surface area contributed by atoms with Gasteiger partial charge in [0.15, 0.2) is 5.78 Å². The van der Waals surface area contributed by atoms with Gasteiger partial charge in [-0.2, -0.15) is 11.8 Å². The topological polar surface area (TPSA) is 49.4 Å². The molecule has 1 fully saturated rings. The third-order valence-corrected chi connectivity index (χ3v) is 8.38. The Morgan fingerprint density at radius 1 is 0.857 bits per heavy atom. The van der Waals surface area contributed by atoms with Gasteiger partial charge in [0.05, 0.1) is 6.04 Å². The van der Waals surface area contributed by atoms with Gasteiger partial charge >= 0.3 is 6.03 Å². The van der Waals surface area contributed by atoms with E-state index in [4.69, 9.17) is 0 Å². The van der Waals surface area contributed by atoms with Crippen LogP contribution in [0.1, 0.15) is 119 Å². The minimum absolute atomic E-state index is 0.0440. The van der Waals surface area contributed by atoms with Crippen LogP contribution in [0.5, 0.6) is 0 Å². The Morgan fingerprint density at radius 2 is 1.43 bits per heavy atom. The minimum Gasteiger partial charge on any atom is -0.327 e. The number of allylic oxidation sites excluding steroid dienone is 1. The van der Waals surface area contributed by atoms with Crippen LogP contribution in [0.15, 0.2) is 11.6 Å². The number of hydrogen-bond donors (Lipinski definition) is 1. The Labute approximate surface area is 221 Å². The van der Waals surface area contributed by atoms with E-state index in [2.05, 4.69) is 46.0 Å². The predicted molar refractivity (Wildman–Crippen MR) is 154 cm³/mol. The van der Waals surface area contributed by atoms with E-state index in [9.17, 15) is 9.59 Å². The van der Waals surface area contributed by atoms with Crippen molar-refractivity contribution in [2.24, 2.45) is 17.8 Å². The second kappa shape index (κ2) is 19.2. The molecule has 1 heterocycles. The third kappa shape index (κ3) is 16.4. The maximum absolute atomic E-state index is 12.4. The fourth-order valence-corrected chi connectivity index (χ4v) is 5.89. The summed E-state index contributed by atoms with van der Waals surface area (Å²) in [6.45, 7) is 14.9. The van der Waals surface area contributed by atoms with Gasteiger partial charge in [0.1, 0.15) is 0 Å². The number of thioether (sulfide) groups is 1. The zero-order valence-electron chi connectivity index (χ0n) is 23.9. The molecule has 0 aromatic heterocycles. The molecular formula is C30H56N2O2S. The predicted octanol–water partition coefficient (Wildman–Crippen LogP) is 8.26. The number of likely N-dealkylation sites (tertiary alicyclic amines) is 1. The first-order valence-corrected chi connectivity index (χ1v) is 15.6. The van der Waals surface area contributed by atoms with Gasteiger partial charge in [0.2, 0.25) is 0 Å². The minimum atomic E-state index is -0.387. The molecule has 4 nitrogen and oxygen atoms in total. The molecule has 0 aromatic carbocycles. The van der Waals surface area contributed by atoms with Gasteiger partial charge in [0, 0.05) is 24.6 Å². The van der Waals surface area contributed by atoms with E-state index < -0.39 is 0 Å². The third-order valence-electron chi connectivity index (χ3n) is 7.41. The molecule has 0 spiro atoms. The van der Waals surface area contributed by atoms with E-state index in [1.807, 2.05) is 4.90 Å². The van der Waals surface area contributed by atoms with Crippen molar-refractivity contribution in [1.82, 2.24) is 10.2 Å². The molecule has 3 unspecified atom stereocenters. The highest BCUT2D eigenvalue weighted by molar-refractivity contribution is 7.99. The summed E-state index contributed by atoms with van der Waals surface area (Å²) in [5, 5.41) is 2.95. The molecular weight excluding hydrogens is 452 g/mol. The summed E-state index contributed by atoms with van der Waals surface area (Å²) < 4.78 is 0. The Kier molecular flexibility index (Phi) is 17.6. The van der Waals surface area contributed by atoms with Crippen molar-refractivity contribution in [2.45, 2.75) is 125 Å². The normalized spacial score (nSPS) is 17.3. The number of hydrogen-bond acceptors (Lipinski definition) is 3. The fraction of sp³-hybridized carbons (Fsp3) is 0.867. The molecule has 0 aliphatic carbocycles. The highest BCUT2D eigenvalue weighted by Gasteiger charge is 2.22. The highest BCUT2D eigenvalue weighted by atomic mass is 32.2. The number of Topliss-reactive ketones (excluding diaryl/α,β-unsaturated/α-hetero) is 1. The van der Waals surface area contributed by atoms with Crippen LogP contribution in [0.25, 0.3) is 0 Å². The molecule has 1 aliphatic heterocycles. The molecule has 35 heavy (non-hydrogen) atoms. The Morgan fingerprint density at radius 3 is 2.00 bits per heavy atom. The van der Waals surface area contributed by atoms with Gasteiger partial charge in [-0.25, -0.2) is 4.79 Å². The van der Waals surface area contributed by atoms with Crippen molar-refractivity contribution in [2.75, 3.05) is 24.6 Å². The first-order chi connectivity index (χ1) is 16.7. The lowest BCUT2D eigenvalue weighted by Crippen LogP contribution is -2.49. The van der Waals surface area contributed by atoms with Crippen LogP contribution in [0.2, 0.25) is 0 Å². The monoisotopic (exact) mass is 508 g/mol. The van der Waals surface area contributed by atoms with Crippen LogP contribution in [-0.4, -0.2) is 47.4 Å². The van der Waals surface area contributed by atoms with Crippen LogP contribution < -0.4 is 5.32 Å². The summed E-state index contributed by atoms with van der Waals surface area (Å²) in [4.78, 5) is 26.3. The van der Waals surface area contributed by atoms with Gasteiger partial charge in [-0.15, -0.1) is 0 Å². The van der Waals surface area contributed by atoms with E-state index in [0.29, 0.717) is 5.75 Å². The average Bonchev–Trinajstić information content (AvgIpc) is 2.81. The second-order valence-corrected chi connectivity index (χ2v) is 12.7. The smallest absolute Gasteiger partial charge is 0.318 e. The zero-order chi connectivity index (χ0) is 26.1. The maximum atomic E-state index is 12.4. The maximum Gasteiger partial charge on any atom is 0.318 e. The largest absolute Gasteiger partial charge is 0.327 e. The van der Waals surface area contributed by atoms with Crippen LogP contribution in [0, 0.1) is 17.8 Å². The molecule has 1 aliphatic rings. The SMILES string of the molecule is CC(=O)C(CSC/C=C(\C)CCCC(C)CCCC(C)CCCC(C)C)NC(=O)N1CCCCC1. The van der Waals surface area contributed by atoms with E-state index in [1.165, 1.54) is 69.8 Å². The van der Waals surface area contributed by atoms with Crippen molar-refractivity contribution in [1.29, 1.82) is 0 Å². The van der Waals surface area contributed by atoms with Crippen LogP contribution in [0.4, 0.5) is 4.79 Å². The van der Waals surface area contributed by atoms with Crippen molar-refractivity contribution < 1.29 is 9.59 Å². The standard InChI is InChI=1S/C30H56N2O2S/c1-24(2)13-10-14-25(3)15-11-16-26(4)17-12-18-27(5)19-22-35-23-29(28(6)33)31-30(34)32-20-8-7-9-21-32/h19,24-26,29H,7-18,20-23H2,1-6H3,(H,31,34)/b27-19+. The van der Waals surface area contributed by atoms with Gasteiger partial charge in [-0.3, -0.25) is 4.79 Å². The summed E-state index contributed by atoms with van der Waals surface area (Å²) in [5.41, 5.74) is 1.44. The van der Waals surface area contributed by atoms with E-state index >= 15 is 0 Å². The Bertz CT molecular complexity index is 613. The molecule has 0 radical (unpaired) electrons. The van der Waals surface area contributed by atoms with Gasteiger partial charge in [-0.05, 0) is 63.7 Å². The van der Waals surface area contributed by atoms with Gasteiger partial charge in [-0.1, -0.05) is 84.3 Å². The number of carbonyl (C=O) groups excluding carboxylic acids is 2. The number of carbonyl (C=O) groups is 2. The van der Waals surface area contributed by atoms with E-state index in [0.717, 1.165) is 49.4 Å². The highest BCUT2D eigenvalue weighted by Crippen LogP contribution is 2.22. The molecule has 2 amide bonds. The molecule has 204 valence electrons. The van der Waals surface area contributed by atoms with Crippen LogP contribution in [0.3, 0.4) is 0 Å². The van der Waals surface area contributed by atoms with Crippen LogP contribution in [-0.2, 0) is 4.79 Å². The number of nitrogens with one attached hydrogen (secondary N) is 1. The molecule has 5 heteroatoms. The fourth-order valence-electron chi connectivity index (χ4n) is 4.79. The van der Waals surface area contributed by atoms with Crippen molar-refractivity contribution in [3.05, 3.63) is 11.6 Å². The average molecular weight is 509 g/mol. The summed E-state index contributed by atoms with van der Waals surface area (Å²) in [7, 11) is 0. The Balaban J connectivity index is 2.15. The molecule has 0 bridgehead atoms. The molecule has 0 aromatic rings. The summed E-state index contributed by atoms with van der Waals surface area (Å²) >= 11 is 1.74. The summed E-state index contributed by atoms with van der Waals surface area (Å²) in [5.74, 6) is 4.13. The number of rotatable bonds is 18. The lowest BCUT2D eigenvalue weighted by atomic mass is 9.91. The summed E-state index contributed by atoms with van der Waals surface area (Å²) in [6.07, 6.45) is 17.7. The molecule has 0 saturated carbocycles. The zero-order valence-corrected chi connectivity index (χ0v) is 24.7. The van der Waals surface area contributed by atoms with Crippen molar-refractivity contribution in [3.63, 3.8) is 0 Å². The summed E-state index contributed by atoms with van der Waals surface area (Å²) in [6, 6.07) is -0.464. The van der Waals surface area contributed by atoms with Gasteiger partial charge < -0.3 is 10.2 Å². The lowest BCUT2D eigenvalue weighted by molar-refractivity contribution is -0.118. The van der Waals surface area contributed by atoms with Crippen molar-refractivity contribution in [3.8, 4) is 0 Å². The molecule has 1 rings (SSSR count). The number of amides is 2. The van der Waals surface area contributed by atoms with E-state index in [1.54, 1.807) is 18.7 Å². The first kappa shape index (κ1) is 32.1. The van der Waals surface area contributed by atoms with Gasteiger partial charge in [0.25, 0.3) is 0 Å². The number of ketones is 1. The number of nitrogens with zero attached hydrogens (tertiary/aromatic N) is 1. The Hall–Kier alpha value is -0.970. The van der Waals surface area contributed by atoms with E-state index in [-0.39, 0.29) is 17.9 Å². The second-order valence-electron chi connectivity index (χ2n) is 11.6. The van der Waals surface area contributed by atoms with Crippen molar-refractivity contribution >= 4 is 23.6 Å². The first-order valence-electron chi connectivity index (χ1n) is 14.5. The molecule has 1 N–H and O–H groups in total.